The average molecular weight is 360 g/mol. The first-order valence-electron chi connectivity index (χ1n) is 7.19. The lowest BCUT2D eigenvalue weighted by molar-refractivity contribution is 1.17. The molecule has 0 amide bonds. The van der Waals surface area contributed by atoms with Crippen LogP contribution in [0.2, 0.25) is 10.0 Å². The van der Waals surface area contributed by atoms with Gasteiger partial charge in [-0.25, -0.2) is 9.97 Å². The largest absolute Gasteiger partial charge is 0.393 e. The van der Waals surface area contributed by atoms with E-state index in [4.69, 9.17) is 28.9 Å². The van der Waals surface area contributed by atoms with E-state index in [1.165, 1.54) is 6.33 Å². The van der Waals surface area contributed by atoms with Crippen molar-refractivity contribution in [2.45, 2.75) is 6.92 Å². The lowest BCUT2D eigenvalue weighted by Gasteiger charge is -2.14. The summed E-state index contributed by atoms with van der Waals surface area (Å²) in [5.74, 6) is 1.02. The summed E-state index contributed by atoms with van der Waals surface area (Å²) >= 11 is 11.9. The summed E-state index contributed by atoms with van der Waals surface area (Å²) < 4.78 is 0. The molecule has 122 valence electrons. The Morgan fingerprint density at radius 1 is 0.875 bits per heavy atom. The SMILES string of the molecule is Cc1ccc(Cl)cc1Nc1ncnc(Nc2ccc(Cl)cc2)c1N. The molecule has 2 aromatic carbocycles. The highest BCUT2D eigenvalue weighted by atomic mass is 35.5. The van der Waals surface area contributed by atoms with E-state index in [1.807, 2.05) is 37.3 Å². The van der Waals surface area contributed by atoms with Crippen LogP contribution in [-0.2, 0) is 0 Å². The first kappa shape index (κ1) is 16.4. The third-order valence-electron chi connectivity index (χ3n) is 3.44. The van der Waals surface area contributed by atoms with E-state index in [1.54, 1.807) is 12.1 Å². The minimum absolute atomic E-state index is 0.409. The van der Waals surface area contributed by atoms with Crippen molar-refractivity contribution >= 4 is 51.9 Å². The maximum Gasteiger partial charge on any atom is 0.159 e. The van der Waals surface area contributed by atoms with Gasteiger partial charge in [0.15, 0.2) is 11.6 Å². The maximum absolute atomic E-state index is 6.19. The molecule has 0 fully saturated rings. The zero-order chi connectivity index (χ0) is 17.1. The molecule has 0 atom stereocenters. The second-order valence-corrected chi connectivity index (χ2v) is 6.07. The summed E-state index contributed by atoms with van der Waals surface area (Å²) in [5, 5.41) is 7.64. The Morgan fingerprint density at radius 3 is 2.21 bits per heavy atom. The minimum Gasteiger partial charge on any atom is -0.393 e. The van der Waals surface area contributed by atoms with Crippen LogP contribution in [0.4, 0.5) is 28.7 Å². The fraction of sp³-hybridized carbons (Fsp3) is 0.0588. The molecule has 0 aliphatic rings. The monoisotopic (exact) mass is 359 g/mol. The van der Waals surface area contributed by atoms with E-state index in [0.717, 1.165) is 16.9 Å². The van der Waals surface area contributed by atoms with Crippen LogP contribution >= 0.6 is 23.2 Å². The van der Waals surface area contributed by atoms with Crippen molar-refractivity contribution in [3.05, 3.63) is 64.4 Å². The van der Waals surface area contributed by atoms with Crippen molar-refractivity contribution in [3.8, 4) is 0 Å². The average Bonchev–Trinajstić information content (AvgIpc) is 2.56. The van der Waals surface area contributed by atoms with Crippen molar-refractivity contribution < 1.29 is 0 Å². The maximum atomic E-state index is 6.19. The van der Waals surface area contributed by atoms with Gasteiger partial charge in [-0.3, -0.25) is 0 Å². The van der Waals surface area contributed by atoms with E-state index >= 15 is 0 Å². The number of benzene rings is 2. The Bertz CT molecular complexity index is 865. The second-order valence-electron chi connectivity index (χ2n) is 5.20. The highest BCUT2D eigenvalue weighted by molar-refractivity contribution is 6.31. The van der Waals surface area contributed by atoms with Gasteiger partial charge in [0.1, 0.15) is 12.0 Å². The second kappa shape index (κ2) is 6.95. The van der Waals surface area contributed by atoms with E-state index in [0.29, 0.717) is 27.4 Å². The quantitative estimate of drug-likeness (QED) is 0.599. The Kier molecular flexibility index (Phi) is 4.74. The van der Waals surface area contributed by atoms with Crippen molar-refractivity contribution in [2.24, 2.45) is 0 Å². The summed E-state index contributed by atoms with van der Waals surface area (Å²) in [6, 6.07) is 12.8. The van der Waals surface area contributed by atoms with E-state index < -0.39 is 0 Å². The van der Waals surface area contributed by atoms with E-state index in [9.17, 15) is 0 Å². The topological polar surface area (TPSA) is 75.9 Å². The van der Waals surface area contributed by atoms with Crippen molar-refractivity contribution in [1.29, 1.82) is 0 Å². The number of rotatable bonds is 4. The van der Waals surface area contributed by atoms with Crippen LogP contribution in [-0.4, -0.2) is 9.97 Å². The molecule has 0 bridgehead atoms. The standard InChI is InChI=1S/C17H15Cl2N5/c1-10-2-3-12(19)8-14(10)24-17-15(20)16(21-9-22-17)23-13-6-4-11(18)5-7-13/h2-9H,20H2,1H3,(H2,21,22,23,24). The van der Waals surface area contributed by atoms with Gasteiger partial charge in [-0.1, -0.05) is 29.3 Å². The van der Waals surface area contributed by atoms with Gasteiger partial charge >= 0.3 is 0 Å². The Labute approximate surface area is 149 Å². The van der Waals surface area contributed by atoms with Gasteiger partial charge in [0.05, 0.1) is 0 Å². The molecule has 24 heavy (non-hydrogen) atoms. The Hall–Kier alpha value is -2.50. The van der Waals surface area contributed by atoms with Gasteiger partial charge in [0.25, 0.3) is 0 Å². The van der Waals surface area contributed by atoms with Crippen LogP contribution in [0.5, 0.6) is 0 Å². The van der Waals surface area contributed by atoms with Gasteiger partial charge in [0.2, 0.25) is 0 Å². The molecular weight excluding hydrogens is 345 g/mol. The molecule has 0 spiro atoms. The van der Waals surface area contributed by atoms with Gasteiger partial charge in [0, 0.05) is 21.4 Å². The summed E-state index contributed by atoms with van der Waals surface area (Å²) in [6.07, 6.45) is 1.44. The lowest BCUT2D eigenvalue weighted by Crippen LogP contribution is -2.05. The number of anilines is 5. The molecule has 1 aromatic heterocycles. The van der Waals surface area contributed by atoms with Gasteiger partial charge in [-0.15, -0.1) is 0 Å². The number of aromatic nitrogens is 2. The van der Waals surface area contributed by atoms with Gasteiger partial charge in [-0.05, 0) is 48.9 Å². The van der Waals surface area contributed by atoms with Crippen LogP contribution in [0.1, 0.15) is 5.56 Å². The van der Waals surface area contributed by atoms with Crippen LogP contribution in [0.25, 0.3) is 0 Å². The predicted molar refractivity (Wildman–Crippen MR) is 101 cm³/mol. The number of nitrogen functional groups attached to an aromatic ring is 1. The number of halogens is 2. The fourth-order valence-electron chi connectivity index (χ4n) is 2.12. The molecule has 4 N–H and O–H groups in total. The van der Waals surface area contributed by atoms with Crippen LogP contribution in [0, 0.1) is 6.92 Å². The number of nitrogens with zero attached hydrogens (tertiary/aromatic N) is 2. The van der Waals surface area contributed by atoms with Crippen molar-refractivity contribution in [1.82, 2.24) is 9.97 Å². The molecule has 0 saturated carbocycles. The Balaban J connectivity index is 1.88. The minimum atomic E-state index is 0.409. The Morgan fingerprint density at radius 2 is 1.50 bits per heavy atom. The predicted octanol–water partition coefficient (Wildman–Crippen LogP) is 5.16. The number of nitrogens with two attached hydrogens (primary N) is 1. The van der Waals surface area contributed by atoms with E-state index in [-0.39, 0.29) is 0 Å². The molecule has 3 rings (SSSR count). The zero-order valence-electron chi connectivity index (χ0n) is 12.8. The molecule has 3 aromatic rings. The number of hydrogen-bond acceptors (Lipinski definition) is 5. The molecule has 1 heterocycles. The highest BCUT2D eigenvalue weighted by Crippen LogP contribution is 2.30. The van der Waals surface area contributed by atoms with Gasteiger partial charge in [-0.2, -0.15) is 0 Å². The summed E-state index contributed by atoms with van der Waals surface area (Å²) in [7, 11) is 0. The molecule has 0 aliphatic carbocycles. The zero-order valence-corrected chi connectivity index (χ0v) is 14.4. The molecule has 0 aliphatic heterocycles. The fourth-order valence-corrected chi connectivity index (χ4v) is 2.42. The third-order valence-corrected chi connectivity index (χ3v) is 3.93. The first-order valence-corrected chi connectivity index (χ1v) is 7.95. The molecule has 7 heteroatoms. The molecule has 0 radical (unpaired) electrons. The first-order chi connectivity index (χ1) is 11.5. The molecule has 0 unspecified atom stereocenters. The normalized spacial score (nSPS) is 10.5. The number of aryl methyl sites for hydroxylation is 1. The van der Waals surface area contributed by atoms with Crippen LogP contribution in [0.3, 0.4) is 0 Å². The van der Waals surface area contributed by atoms with Crippen molar-refractivity contribution in [3.63, 3.8) is 0 Å². The number of hydrogen-bond donors (Lipinski definition) is 3. The summed E-state index contributed by atoms with van der Waals surface area (Å²) in [4.78, 5) is 8.40. The molecule has 5 nitrogen and oxygen atoms in total. The molecular formula is C17H15Cl2N5. The molecule has 0 saturated heterocycles. The van der Waals surface area contributed by atoms with Crippen LogP contribution < -0.4 is 16.4 Å². The summed E-state index contributed by atoms with van der Waals surface area (Å²) in [5.41, 5.74) is 9.30. The highest BCUT2D eigenvalue weighted by Gasteiger charge is 2.10. The number of nitrogens with one attached hydrogen (secondary N) is 2. The summed E-state index contributed by atoms with van der Waals surface area (Å²) in [6.45, 7) is 1.98. The van der Waals surface area contributed by atoms with Gasteiger partial charge < -0.3 is 16.4 Å². The lowest BCUT2D eigenvalue weighted by atomic mass is 10.2. The van der Waals surface area contributed by atoms with Crippen LogP contribution in [0.15, 0.2) is 48.8 Å². The smallest absolute Gasteiger partial charge is 0.159 e. The van der Waals surface area contributed by atoms with Crippen molar-refractivity contribution in [2.75, 3.05) is 16.4 Å². The van der Waals surface area contributed by atoms with E-state index in [2.05, 4.69) is 20.6 Å². The third kappa shape index (κ3) is 3.69.